The van der Waals surface area contributed by atoms with Crippen LogP contribution in [0.4, 0.5) is 0 Å². The van der Waals surface area contributed by atoms with Crippen molar-refractivity contribution in [3.8, 4) is 34.1 Å². The number of rotatable bonds is 7. The Morgan fingerprint density at radius 1 is 0.630 bits per heavy atom. The van der Waals surface area contributed by atoms with Gasteiger partial charge in [-0.1, -0.05) is 13.8 Å². The summed E-state index contributed by atoms with van der Waals surface area (Å²) in [6.07, 6.45) is -3.07. The van der Waals surface area contributed by atoms with Gasteiger partial charge in [0.1, 0.15) is 58.9 Å². The number of ketones is 2. The Kier molecular flexibility index (Phi) is 9.36. The van der Waals surface area contributed by atoms with Crippen LogP contribution in [0.3, 0.4) is 0 Å². The summed E-state index contributed by atoms with van der Waals surface area (Å²) in [6, 6.07) is 4.98. The van der Waals surface area contributed by atoms with Crippen LogP contribution in [0.25, 0.3) is 22.6 Å². The molecule has 0 unspecified atom stereocenters. The van der Waals surface area contributed by atoms with Gasteiger partial charge in [-0.15, -0.1) is 0 Å². The van der Waals surface area contributed by atoms with Gasteiger partial charge in [0.05, 0.1) is 11.1 Å². The molecule has 0 amide bonds. The number of Topliss-reactive ketones (excluding diaryl/α,β-unsaturated/α-hetero) is 2. The van der Waals surface area contributed by atoms with Crippen molar-refractivity contribution in [1.82, 2.24) is 0 Å². The average molecular weight is 751 g/mol. The van der Waals surface area contributed by atoms with Crippen molar-refractivity contribution in [2.24, 2.45) is 11.8 Å². The summed E-state index contributed by atoms with van der Waals surface area (Å²) < 4.78 is 35.3. The van der Waals surface area contributed by atoms with E-state index in [-0.39, 0.29) is 46.6 Å². The number of fused-ring (bicyclic) bond motifs is 4. The number of hydrogen-bond donors (Lipinski definition) is 4. The first-order chi connectivity index (χ1) is 25.3. The Morgan fingerprint density at radius 2 is 0.981 bits per heavy atom. The SMILES string of the molecule is CC(=O)OC[C@]12Oc3c(-c4ccc(O)c5c4O[C@]4(COC(C)=O)C(=C5O)C(=O)C[C@@H](C)[C@@H]4OC(C)=O)ccc(O)c3C(O)=C1C(=O)C[C@@H](C)[C@@H]2OC(C)=O. The second-order valence-corrected chi connectivity index (χ2v) is 13.9. The van der Waals surface area contributed by atoms with E-state index >= 15 is 0 Å². The molecule has 0 saturated heterocycles. The first-order valence-electron chi connectivity index (χ1n) is 17.0. The quantitative estimate of drug-likeness (QED) is 0.233. The molecule has 6 atom stereocenters. The Morgan fingerprint density at radius 3 is 1.30 bits per heavy atom. The summed E-state index contributed by atoms with van der Waals surface area (Å²) >= 11 is 0. The highest BCUT2D eigenvalue weighted by molar-refractivity contribution is 6.09. The topological polar surface area (TPSA) is 239 Å². The number of esters is 4. The van der Waals surface area contributed by atoms with Gasteiger partial charge >= 0.3 is 23.9 Å². The van der Waals surface area contributed by atoms with E-state index < -0.39 is 118 Å². The maximum atomic E-state index is 13.7. The van der Waals surface area contributed by atoms with Crippen LogP contribution in [0.15, 0.2) is 35.4 Å². The molecule has 4 N–H and O–H groups in total. The molecule has 0 spiro atoms. The number of aliphatic hydroxyl groups excluding tert-OH is 2. The van der Waals surface area contributed by atoms with Gasteiger partial charge in [-0.25, -0.2) is 0 Å². The first kappa shape index (κ1) is 37.7. The molecule has 286 valence electrons. The van der Waals surface area contributed by atoms with Crippen LogP contribution in [0.2, 0.25) is 0 Å². The van der Waals surface area contributed by atoms with Gasteiger partial charge in [-0.05, 0) is 24.3 Å². The smallest absolute Gasteiger partial charge is 0.303 e. The second kappa shape index (κ2) is 13.4. The number of ether oxygens (including phenoxy) is 6. The van der Waals surface area contributed by atoms with Crippen molar-refractivity contribution in [2.45, 2.75) is 77.8 Å². The molecule has 2 aliphatic carbocycles. The summed E-state index contributed by atoms with van der Waals surface area (Å²) in [5, 5.41) is 46.0. The van der Waals surface area contributed by atoms with E-state index in [1.54, 1.807) is 13.8 Å². The van der Waals surface area contributed by atoms with Gasteiger partial charge in [-0.2, -0.15) is 0 Å². The second-order valence-electron chi connectivity index (χ2n) is 13.9. The number of phenols is 2. The lowest BCUT2D eigenvalue weighted by molar-refractivity contribution is -0.178. The monoisotopic (exact) mass is 750 g/mol. The standard InChI is InChI=1S/C38H38O16/c1-15-11-25(45)29-31(47)27-23(43)9-7-21(33(27)53-37(29,13-49-17(3)39)35(15)51-19(5)41)22-8-10-24(44)28-32(48)30-26(46)12-16(2)36(52-20(6)42)38(30,54-34(22)28)14-50-18(4)40/h7-10,15-16,35-36,43-44,47-48H,11-14H2,1-6H3/t15-,16-,35+,36+,37-,38+/m1/s1. The number of phenolic OH excluding ortho intramolecular Hbond substituents is 2. The Labute approximate surface area is 307 Å². The summed E-state index contributed by atoms with van der Waals surface area (Å²) in [5.74, 6) is -9.16. The molecule has 2 fully saturated rings. The van der Waals surface area contributed by atoms with Gasteiger partial charge < -0.3 is 48.8 Å². The van der Waals surface area contributed by atoms with E-state index in [0.717, 1.165) is 27.7 Å². The van der Waals surface area contributed by atoms with Crippen molar-refractivity contribution in [2.75, 3.05) is 13.2 Å². The summed E-state index contributed by atoms with van der Waals surface area (Å²) in [7, 11) is 0. The van der Waals surface area contributed by atoms with Crippen molar-refractivity contribution < 1.29 is 77.6 Å². The molecule has 0 bridgehead atoms. The molecule has 54 heavy (non-hydrogen) atoms. The van der Waals surface area contributed by atoms with Crippen molar-refractivity contribution in [3.63, 3.8) is 0 Å². The molecule has 16 heteroatoms. The Balaban J connectivity index is 1.66. The van der Waals surface area contributed by atoms with Gasteiger partial charge in [0.15, 0.2) is 23.8 Å². The molecule has 0 radical (unpaired) electrons. The predicted octanol–water partition coefficient (Wildman–Crippen LogP) is 3.77. The van der Waals surface area contributed by atoms with Crippen LogP contribution >= 0.6 is 0 Å². The van der Waals surface area contributed by atoms with E-state index in [1.165, 1.54) is 24.3 Å². The molecule has 2 aromatic rings. The number of aromatic hydroxyl groups is 2. The molecule has 2 aliphatic heterocycles. The highest BCUT2D eigenvalue weighted by Crippen LogP contribution is 2.58. The lowest BCUT2D eigenvalue weighted by Gasteiger charge is -2.49. The molecule has 6 rings (SSSR count). The molecule has 2 aromatic carbocycles. The molecule has 2 saturated carbocycles. The summed E-state index contributed by atoms with van der Waals surface area (Å²) in [4.78, 5) is 76.5. The van der Waals surface area contributed by atoms with Crippen LogP contribution in [-0.2, 0) is 47.7 Å². The van der Waals surface area contributed by atoms with Gasteiger partial charge in [0.2, 0.25) is 11.2 Å². The van der Waals surface area contributed by atoms with E-state index in [4.69, 9.17) is 28.4 Å². The molecule has 2 heterocycles. The number of benzene rings is 2. The molecular formula is C38H38O16. The van der Waals surface area contributed by atoms with Crippen LogP contribution < -0.4 is 9.47 Å². The van der Waals surface area contributed by atoms with Crippen LogP contribution in [0, 0.1) is 11.8 Å². The molecule has 0 aromatic heterocycles. The highest BCUT2D eigenvalue weighted by atomic mass is 16.6. The number of carbonyl (C=O) groups is 6. The minimum absolute atomic E-state index is 0.0165. The van der Waals surface area contributed by atoms with Crippen LogP contribution in [0.1, 0.15) is 65.5 Å². The van der Waals surface area contributed by atoms with E-state index in [9.17, 15) is 49.2 Å². The van der Waals surface area contributed by atoms with E-state index in [1.807, 2.05) is 0 Å². The summed E-state index contributed by atoms with van der Waals surface area (Å²) in [6.45, 7) is 6.20. The normalized spacial score (nSPS) is 26.9. The van der Waals surface area contributed by atoms with Crippen molar-refractivity contribution in [1.29, 1.82) is 0 Å². The largest absolute Gasteiger partial charge is 0.507 e. The number of carbonyl (C=O) groups excluding carboxylic acids is 6. The fourth-order valence-corrected chi connectivity index (χ4v) is 7.98. The maximum absolute atomic E-state index is 13.7. The summed E-state index contributed by atoms with van der Waals surface area (Å²) in [5.41, 5.74) is -5.92. The maximum Gasteiger partial charge on any atom is 0.303 e. The lowest BCUT2D eigenvalue weighted by atomic mass is 9.69. The van der Waals surface area contributed by atoms with Crippen molar-refractivity contribution >= 4 is 47.0 Å². The zero-order valence-corrected chi connectivity index (χ0v) is 30.1. The minimum atomic E-state index is -2.15. The third kappa shape index (κ3) is 5.85. The fraction of sp³-hybridized carbons (Fsp3) is 0.421. The van der Waals surface area contributed by atoms with Crippen LogP contribution in [-0.4, -0.2) is 92.5 Å². The minimum Gasteiger partial charge on any atom is -0.507 e. The molecule has 4 aliphatic rings. The highest BCUT2D eigenvalue weighted by Gasteiger charge is 2.62. The fourth-order valence-electron chi connectivity index (χ4n) is 7.98. The zero-order chi connectivity index (χ0) is 39.6. The average Bonchev–Trinajstić information content (AvgIpc) is 3.06. The zero-order valence-electron chi connectivity index (χ0n) is 30.1. The molecular weight excluding hydrogens is 712 g/mol. The Hall–Kier alpha value is -6.06. The van der Waals surface area contributed by atoms with Crippen molar-refractivity contribution in [3.05, 3.63) is 46.5 Å². The van der Waals surface area contributed by atoms with Gasteiger partial charge in [0.25, 0.3) is 0 Å². The van der Waals surface area contributed by atoms with Gasteiger partial charge in [-0.3, -0.25) is 28.8 Å². The number of aliphatic hydroxyl groups is 2. The van der Waals surface area contributed by atoms with Gasteiger partial charge in [0, 0.05) is 63.5 Å². The third-order valence-corrected chi connectivity index (χ3v) is 10.0. The third-order valence-electron chi connectivity index (χ3n) is 10.0. The van der Waals surface area contributed by atoms with E-state index in [2.05, 4.69) is 0 Å². The Bertz CT molecular complexity index is 1950. The van der Waals surface area contributed by atoms with E-state index in [0.29, 0.717) is 0 Å². The molecule has 16 nitrogen and oxygen atoms in total. The first-order valence-corrected chi connectivity index (χ1v) is 17.0. The lowest BCUT2D eigenvalue weighted by Crippen LogP contribution is -2.63. The number of hydrogen-bond acceptors (Lipinski definition) is 16. The van der Waals surface area contributed by atoms with Crippen LogP contribution in [0.5, 0.6) is 23.0 Å². The predicted molar refractivity (Wildman–Crippen MR) is 183 cm³/mol.